The van der Waals surface area contributed by atoms with Crippen LogP contribution in [0.4, 0.5) is 5.69 Å². The number of hydrogen-bond acceptors (Lipinski definition) is 5. The summed E-state index contributed by atoms with van der Waals surface area (Å²) < 4.78 is 22.9. The van der Waals surface area contributed by atoms with Crippen molar-refractivity contribution in [3.05, 3.63) is 35.4 Å². The van der Waals surface area contributed by atoms with E-state index in [1.54, 1.807) is 0 Å². The van der Waals surface area contributed by atoms with Crippen molar-refractivity contribution in [2.24, 2.45) is 0 Å². The summed E-state index contributed by atoms with van der Waals surface area (Å²) in [6.45, 7) is 5.97. The number of nitrogens with zero attached hydrogens (tertiary/aromatic N) is 2. The minimum absolute atomic E-state index is 0.0279. The van der Waals surface area contributed by atoms with Crippen LogP contribution < -0.4 is 10.2 Å². The number of sulfone groups is 1. The summed E-state index contributed by atoms with van der Waals surface area (Å²) in [6, 6.07) is 9.10. The lowest BCUT2D eigenvalue weighted by atomic mass is 10.1. The van der Waals surface area contributed by atoms with E-state index in [0.29, 0.717) is 6.42 Å². The predicted molar refractivity (Wildman–Crippen MR) is 98.8 cm³/mol. The molecule has 0 unspecified atom stereocenters. The SMILES string of the molecule is CCN(CC)c1ccc(/C=C(\C#N)C(=O)N[C@H]2CCS(=O)(=O)C2)cc1. The van der Waals surface area contributed by atoms with Crippen LogP contribution >= 0.6 is 0 Å². The Labute approximate surface area is 149 Å². The van der Waals surface area contributed by atoms with Gasteiger partial charge in [-0.25, -0.2) is 8.42 Å². The van der Waals surface area contributed by atoms with Crippen molar-refractivity contribution in [3.63, 3.8) is 0 Å². The van der Waals surface area contributed by atoms with Crippen LogP contribution in [0.25, 0.3) is 6.08 Å². The fraction of sp³-hybridized carbons (Fsp3) is 0.444. The number of carbonyl (C=O) groups excluding carboxylic acids is 1. The molecule has 25 heavy (non-hydrogen) atoms. The number of benzene rings is 1. The highest BCUT2D eigenvalue weighted by molar-refractivity contribution is 7.91. The van der Waals surface area contributed by atoms with Gasteiger partial charge in [-0.3, -0.25) is 4.79 Å². The van der Waals surface area contributed by atoms with Gasteiger partial charge in [0.15, 0.2) is 9.84 Å². The third-order valence-corrected chi connectivity index (χ3v) is 6.03. The zero-order chi connectivity index (χ0) is 18.4. The van der Waals surface area contributed by atoms with E-state index in [1.165, 1.54) is 6.08 Å². The van der Waals surface area contributed by atoms with Crippen LogP contribution in [-0.2, 0) is 14.6 Å². The van der Waals surface area contributed by atoms with E-state index in [1.807, 2.05) is 30.3 Å². The van der Waals surface area contributed by atoms with Crippen LogP contribution in [0, 0.1) is 11.3 Å². The first-order valence-electron chi connectivity index (χ1n) is 8.36. The highest BCUT2D eigenvalue weighted by Crippen LogP contribution is 2.17. The fourth-order valence-electron chi connectivity index (χ4n) is 2.86. The Morgan fingerprint density at radius 1 is 1.32 bits per heavy atom. The molecule has 1 aromatic rings. The largest absolute Gasteiger partial charge is 0.372 e. The zero-order valence-electron chi connectivity index (χ0n) is 14.5. The van der Waals surface area contributed by atoms with Gasteiger partial charge in [-0.05, 0) is 44.0 Å². The minimum Gasteiger partial charge on any atom is -0.372 e. The molecule has 6 nitrogen and oxygen atoms in total. The average molecular weight is 361 g/mol. The van der Waals surface area contributed by atoms with Crippen molar-refractivity contribution < 1.29 is 13.2 Å². The number of hydrogen-bond donors (Lipinski definition) is 1. The van der Waals surface area contributed by atoms with Crippen molar-refractivity contribution in [2.45, 2.75) is 26.3 Å². The summed E-state index contributed by atoms with van der Waals surface area (Å²) in [4.78, 5) is 14.4. The Bertz CT molecular complexity index is 788. The summed E-state index contributed by atoms with van der Waals surface area (Å²) in [5.74, 6) is -0.510. The average Bonchev–Trinajstić information content (AvgIpc) is 2.93. The third kappa shape index (κ3) is 5.07. The van der Waals surface area contributed by atoms with Gasteiger partial charge in [0.05, 0.1) is 11.5 Å². The quantitative estimate of drug-likeness (QED) is 0.616. The molecule has 134 valence electrons. The maximum absolute atomic E-state index is 12.2. The second-order valence-electron chi connectivity index (χ2n) is 6.01. The lowest BCUT2D eigenvalue weighted by Gasteiger charge is -2.20. The summed E-state index contributed by atoms with van der Waals surface area (Å²) in [6.07, 6.45) is 1.91. The first kappa shape index (κ1) is 19.0. The van der Waals surface area contributed by atoms with Crippen LogP contribution in [0.2, 0.25) is 0 Å². The summed E-state index contributed by atoms with van der Waals surface area (Å²) in [5.41, 5.74) is 1.81. The van der Waals surface area contributed by atoms with Gasteiger partial charge in [0, 0.05) is 24.8 Å². The minimum atomic E-state index is -3.07. The molecule has 0 spiro atoms. The molecule has 0 radical (unpaired) electrons. The molecule has 0 aromatic heterocycles. The molecule has 7 heteroatoms. The molecule has 1 atom stereocenters. The smallest absolute Gasteiger partial charge is 0.262 e. The molecule has 0 aliphatic carbocycles. The van der Waals surface area contributed by atoms with Crippen LogP contribution in [0.15, 0.2) is 29.8 Å². The highest BCUT2D eigenvalue weighted by atomic mass is 32.2. The van der Waals surface area contributed by atoms with Gasteiger partial charge >= 0.3 is 0 Å². The molecule has 1 amide bonds. The summed E-state index contributed by atoms with van der Waals surface area (Å²) in [7, 11) is -3.07. The Kier molecular flexibility index (Phi) is 6.21. The maximum atomic E-state index is 12.2. The number of carbonyl (C=O) groups is 1. The molecule has 1 heterocycles. The van der Waals surface area contributed by atoms with Crippen molar-refractivity contribution in [2.75, 3.05) is 29.5 Å². The number of rotatable bonds is 6. The van der Waals surface area contributed by atoms with Gasteiger partial charge in [0.2, 0.25) is 0 Å². The first-order chi connectivity index (χ1) is 11.9. The molecular formula is C18H23N3O3S. The molecule has 1 fully saturated rings. The number of anilines is 1. The second kappa shape index (κ2) is 8.17. The number of nitrogens with one attached hydrogen (secondary N) is 1. The number of nitriles is 1. The molecule has 0 saturated carbocycles. The van der Waals surface area contributed by atoms with E-state index in [9.17, 15) is 18.5 Å². The molecule has 1 aliphatic rings. The van der Waals surface area contributed by atoms with E-state index in [2.05, 4.69) is 24.1 Å². The van der Waals surface area contributed by atoms with Crippen LogP contribution in [0.5, 0.6) is 0 Å². The second-order valence-corrected chi connectivity index (χ2v) is 8.24. The van der Waals surface area contributed by atoms with E-state index >= 15 is 0 Å². The normalized spacial score (nSPS) is 19.2. The lowest BCUT2D eigenvalue weighted by molar-refractivity contribution is -0.117. The van der Waals surface area contributed by atoms with E-state index in [0.717, 1.165) is 24.3 Å². The zero-order valence-corrected chi connectivity index (χ0v) is 15.3. The van der Waals surface area contributed by atoms with Crippen LogP contribution in [0.3, 0.4) is 0 Å². The van der Waals surface area contributed by atoms with E-state index < -0.39 is 21.8 Å². The van der Waals surface area contributed by atoms with Crippen molar-refractivity contribution in [3.8, 4) is 6.07 Å². The molecule has 0 bridgehead atoms. The van der Waals surface area contributed by atoms with Gasteiger partial charge < -0.3 is 10.2 Å². The topological polar surface area (TPSA) is 90.3 Å². The van der Waals surface area contributed by atoms with Gasteiger partial charge in [-0.2, -0.15) is 5.26 Å². The standard InChI is InChI=1S/C18H23N3O3S/c1-3-21(4-2)17-7-5-14(6-8-17)11-15(12-19)18(22)20-16-9-10-25(23,24)13-16/h5-8,11,16H,3-4,9-10,13H2,1-2H3,(H,20,22)/b15-11+/t16-/m0/s1. The Morgan fingerprint density at radius 2 is 1.96 bits per heavy atom. The first-order valence-corrected chi connectivity index (χ1v) is 10.2. The third-order valence-electron chi connectivity index (χ3n) is 4.27. The molecule has 1 aromatic carbocycles. The Balaban J connectivity index is 2.09. The van der Waals surface area contributed by atoms with Gasteiger partial charge in [0.1, 0.15) is 11.6 Å². The fourth-order valence-corrected chi connectivity index (χ4v) is 4.53. The monoisotopic (exact) mass is 361 g/mol. The van der Waals surface area contributed by atoms with E-state index in [-0.39, 0.29) is 17.1 Å². The molecule has 1 aliphatic heterocycles. The highest BCUT2D eigenvalue weighted by Gasteiger charge is 2.29. The lowest BCUT2D eigenvalue weighted by Crippen LogP contribution is -2.36. The van der Waals surface area contributed by atoms with E-state index in [4.69, 9.17) is 0 Å². The summed E-state index contributed by atoms with van der Waals surface area (Å²) in [5, 5.41) is 11.9. The predicted octanol–water partition coefficient (Wildman–Crippen LogP) is 1.74. The molecular weight excluding hydrogens is 338 g/mol. The van der Waals surface area contributed by atoms with Gasteiger partial charge in [-0.15, -0.1) is 0 Å². The summed E-state index contributed by atoms with van der Waals surface area (Å²) >= 11 is 0. The maximum Gasteiger partial charge on any atom is 0.262 e. The number of amides is 1. The van der Waals surface area contributed by atoms with Crippen LogP contribution in [-0.4, -0.2) is 45.0 Å². The molecule has 2 rings (SSSR count). The Hall–Kier alpha value is -2.33. The van der Waals surface area contributed by atoms with Crippen molar-refractivity contribution >= 4 is 27.5 Å². The van der Waals surface area contributed by atoms with Crippen molar-refractivity contribution in [1.82, 2.24) is 5.32 Å². The molecule has 1 saturated heterocycles. The van der Waals surface area contributed by atoms with Gasteiger partial charge in [0.25, 0.3) is 5.91 Å². The molecule has 1 N–H and O–H groups in total. The van der Waals surface area contributed by atoms with Gasteiger partial charge in [-0.1, -0.05) is 12.1 Å². The Morgan fingerprint density at radius 3 is 2.44 bits per heavy atom. The van der Waals surface area contributed by atoms with Crippen LogP contribution in [0.1, 0.15) is 25.8 Å². The van der Waals surface area contributed by atoms with Crippen molar-refractivity contribution in [1.29, 1.82) is 5.26 Å².